The van der Waals surface area contributed by atoms with E-state index in [0.29, 0.717) is 5.92 Å². The van der Waals surface area contributed by atoms with Crippen LogP contribution in [-0.2, 0) is 6.42 Å². The van der Waals surface area contributed by atoms with Gasteiger partial charge in [0.1, 0.15) is 0 Å². The fourth-order valence-electron chi connectivity index (χ4n) is 2.76. The second kappa shape index (κ2) is 7.35. The predicted octanol–water partition coefficient (Wildman–Crippen LogP) is 4.25. The van der Waals surface area contributed by atoms with Crippen molar-refractivity contribution in [2.75, 3.05) is 11.5 Å². The maximum Gasteiger partial charge on any atom is 0.0583 e. The van der Waals surface area contributed by atoms with Gasteiger partial charge in [0.2, 0.25) is 0 Å². The van der Waals surface area contributed by atoms with E-state index in [-0.39, 0.29) is 6.10 Å². The molecule has 2 heteroatoms. The summed E-state index contributed by atoms with van der Waals surface area (Å²) in [6.45, 7) is 4.43. The molecule has 1 aliphatic heterocycles. The van der Waals surface area contributed by atoms with Crippen molar-refractivity contribution in [3.8, 4) is 0 Å². The molecule has 0 aromatic heterocycles. The molecule has 1 nitrogen and oxygen atoms in total. The van der Waals surface area contributed by atoms with Crippen molar-refractivity contribution >= 4 is 11.8 Å². The van der Waals surface area contributed by atoms with Gasteiger partial charge in [0.25, 0.3) is 0 Å². The van der Waals surface area contributed by atoms with Crippen molar-refractivity contribution in [1.29, 1.82) is 0 Å². The normalized spacial score (nSPS) is 18.7. The largest absolute Gasteiger partial charge is 0.393 e. The number of rotatable bonds is 5. The molecular formula is C17H26OS. The summed E-state index contributed by atoms with van der Waals surface area (Å²) in [7, 11) is 0. The molecule has 1 N–H and O–H groups in total. The highest BCUT2D eigenvalue weighted by Gasteiger charge is 2.17. The molecule has 1 heterocycles. The highest BCUT2D eigenvalue weighted by atomic mass is 32.2. The molecular weight excluding hydrogens is 252 g/mol. The van der Waals surface area contributed by atoms with Crippen LogP contribution >= 0.6 is 11.8 Å². The lowest BCUT2D eigenvalue weighted by Crippen LogP contribution is -2.19. The Kier molecular flexibility index (Phi) is 5.77. The fourth-order valence-corrected chi connectivity index (χ4v) is 3.97. The molecule has 106 valence electrons. The Morgan fingerprint density at radius 3 is 2.37 bits per heavy atom. The molecule has 0 radical (unpaired) electrons. The number of hydrogen-bond acceptors (Lipinski definition) is 2. The molecule has 1 fully saturated rings. The lowest BCUT2D eigenvalue weighted by atomic mass is 9.92. The summed E-state index contributed by atoms with van der Waals surface area (Å²) in [6, 6.07) is 8.75. The molecule has 1 aromatic carbocycles. The summed E-state index contributed by atoms with van der Waals surface area (Å²) < 4.78 is 0. The Labute approximate surface area is 121 Å². The Balaban J connectivity index is 1.82. The van der Waals surface area contributed by atoms with Gasteiger partial charge in [-0.1, -0.05) is 38.1 Å². The first-order chi connectivity index (χ1) is 9.15. The second-order valence-corrected chi connectivity index (χ2v) is 7.27. The lowest BCUT2D eigenvalue weighted by Gasteiger charge is -2.23. The van der Waals surface area contributed by atoms with Gasteiger partial charge in [-0.15, -0.1) is 0 Å². The number of benzene rings is 1. The zero-order chi connectivity index (χ0) is 13.7. The Hall–Kier alpha value is -0.470. The Morgan fingerprint density at radius 2 is 1.79 bits per heavy atom. The van der Waals surface area contributed by atoms with Crippen LogP contribution < -0.4 is 0 Å². The topological polar surface area (TPSA) is 20.2 Å². The van der Waals surface area contributed by atoms with Crippen LogP contribution in [0.4, 0.5) is 0 Å². The maximum atomic E-state index is 10.2. The van der Waals surface area contributed by atoms with E-state index in [2.05, 4.69) is 49.9 Å². The van der Waals surface area contributed by atoms with Crippen LogP contribution in [-0.4, -0.2) is 22.7 Å². The van der Waals surface area contributed by atoms with Crippen molar-refractivity contribution in [1.82, 2.24) is 0 Å². The highest BCUT2D eigenvalue weighted by Crippen LogP contribution is 2.27. The molecule has 0 amide bonds. The molecule has 1 aliphatic rings. The first-order valence-corrected chi connectivity index (χ1v) is 8.65. The molecule has 1 atom stereocenters. The molecule has 0 bridgehead atoms. The van der Waals surface area contributed by atoms with Crippen LogP contribution in [0.5, 0.6) is 0 Å². The Morgan fingerprint density at radius 1 is 1.16 bits per heavy atom. The molecule has 0 saturated carbocycles. The van der Waals surface area contributed by atoms with Crippen molar-refractivity contribution < 1.29 is 5.11 Å². The summed E-state index contributed by atoms with van der Waals surface area (Å²) in [4.78, 5) is 0. The number of aliphatic hydroxyl groups excluding tert-OH is 1. The molecule has 1 aromatic rings. The zero-order valence-corrected chi connectivity index (χ0v) is 13.0. The van der Waals surface area contributed by atoms with E-state index in [1.165, 1.54) is 35.5 Å². The molecule has 1 saturated heterocycles. The smallest absolute Gasteiger partial charge is 0.0583 e. The van der Waals surface area contributed by atoms with Crippen molar-refractivity contribution in [3.05, 3.63) is 35.4 Å². The van der Waals surface area contributed by atoms with E-state index in [1.54, 1.807) is 0 Å². The minimum atomic E-state index is -0.169. The van der Waals surface area contributed by atoms with Crippen LogP contribution in [0.15, 0.2) is 24.3 Å². The van der Waals surface area contributed by atoms with Crippen molar-refractivity contribution in [2.45, 2.75) is 51.6 Å². The first-order valence-electron chi connectivity index (χ1n) is 7.50. The van der Waals surface area contributed by atoms with Gasteiger partial charge in [0.15, 0.2) is 0 Å². The summed E-state index contributed by atoms with van der Waals surface area (Å²) in [5.41, 5.74) is 2.64. The molecule has 19 heavy (non-hydrogen) atoms. The molecule has 2 rings (SSSR count). The zero-order valence-electron chi connectivity index (χ0n) is 12.1. The van der Waals surface area contributed by atoms with Gasteiger partial charge in [-0.3, -0.25) is 0 Å². The van der Waals surface area contributed by atoms with E-state index in [4.69, 9.17) is 0 Å². The van der Waals surface area contributed by atoms with Crippen LogP contribution in [0.25, 0.3) is 0 Å². The van der Waals surface area contributed by atoms with Crippen molar-refractivity contribution in [3.63, 3.8) is 0 Å². The second-order valence-electron chi connectivity index (χ2n) is 6.05. The average molecular weight is 278 g/mol. The summed E-state index contributed by atoms with van der Waals surface area (Å²) in [6.07, 6.45) is 4.19. The fraction of sp³-hybridized carbons (Fsp3) is 0.647. The van der Waals surface area contributed by atoms with Crippen LogP contribution in [0.2, 0.25) is 0 Å². The van der Waals surface area contributed by atoms with Crippen LogP contribution in [0, 0.1) is 5.92 Å². The van der Waals surface area contributed by atoms with Gasteiger partial charge in [-0.2, -0.15) is 11.8 Å². The standard InChI is InChI=1S/C17H26OS/c1-13(2)16-5-3-14(4-6-16)11-17(18)12-15-7-9-19-10-8-15/h3-6,13,15,17-18H,7-12H2,1-2H3. The minimum Gasteiger partial charge on any atom is -0.393 e. The van der Waals surface area contributed by atoms with E-state index >= 15 is 0 Å². The predicted molar refractivity (Wildman–Crippen MR) is 84.9 cm³/mol. The maximum absolute atomic E-state index is 10.2. The number of aliphatic hydroxyl groups is 1. The van der Waals surface area contributed by atoms with Gasteiger partial charge < -0.3 is 5.11 Å². The average Bonchev–Trinajstić information content (AvgIpc) is 2.40. The summed E-state index contributed by atoms with van der Waals surface area (Å²) >= 11 is 2.05. The quantitative estimate of drug-likeness (QED) is 0.869. The van der Waals surface area contributed by atoms with E-state index < -0.39 is 0 Å². The molecule has 0 aliphatic carbocycles. The van der Waals surface area contributed by atoms with Gasteiger partial charge in [0.05, 0.1) is 6.10 Å². The van der Waals surface area contributed by atoms with Crippen LogP contribution in [0.1, 0.15) is 50.2 Å². The minimum absolute atomic E-state index is 0.169. The van der Waals surface area contributed by atoms with Gasteiger partial charge in [0, 0.05) is 0 Å². The highest BCUT2D eigenvalue weighted by molar-refractivity contribution is 7.99. The van der Waals surface area contributed by atoms with E-state index in [9.17, 15) is 5.11 Å². The molecule has 1 unspecified atom stereocenters. The van der Waals surface area contributed by atoms with Crippen LogP contribution in [0.3, 0.4) is 0 Å². The van der Waals surface area contributed by atoms with Gasteiger partial charge in [-0.05, 0) is 60.2 Å². The van der Waals surface area contributed by atoms with Gasteiger partial charge >= 0.3 is 0 Å². The third-order valence-corrected chi connectivity index (χ3v) is 5.11. The van der Waals surface area contributed by atoms with E-state index in [0.717, 1.165) is 18.8 Å². The summed E-state index contributed by atoms with van der Waals surface area (Å²) in [5.74, 6) is 3.88. The first kappa shape index (κ1) is 14.9. The third kappa shape index (κ3) is 4.85. The summed E-state index contributed by atoms with van der Waals surface area (Å²) in [5, 5.41) is 10.2. The van der Waals surface area contributed by atoms with Gasteiger partial charge in [-0.25, -0.2) is 0 Å². The monoisotopic (exact) mass is 278 g/mol. The SMILES string of the molecule is CC(C)c1ccc(CC(O)CC2CCSCC2)cc1. The lowest BCUT2D eigenvalue weighted by molar-refractivity contribution is 0.139. The Bertz CT molecular complexity index is 365. The van der Waals surface area contributed by atoms with Crippen molar-refractivity contribution in [2.24, 2.45) is 5.92 Å². The number of hydrogen-bond donors (Lipinski definition) is 1. The van der Waals surface area contributed by atoms with E-state index in [1.807, 2.05) is 0 Å². The number of thioether (sulfide) groups is 1. The third-order valence-electron chi connectivity index (χ3n) is 4.06. The molecule has 0 spiro atoms.